The molecule has 0 atom stereocenters. The fourth-order valence-corrected chi connectivity index (χ4v) is 1.46. The van der Waals surface area contributed by atoms with Gasteiger partial charge in [0.2, 0.25) is 0 Å². The van der Waals surface area contributed by atoms with E-state index >= 15 is 0 Å². The maximum Gasteiger partial charge on any atom is 0.311 e. The number of esters is 1. The van der Waals surface area contributed by atoms with Gasteiger partial charge in [-0.2, -0.15) is 0 Å². The Bertz CT molecular complexity index is 167. The van der Waals surface area contributed by atoms with E-state index in [4.69, 9.17) is 16.3 Å². The molecule has 0 rings (SSSR count). The molecule has 0 spiro atoms. The van der Waals surface area contributed by atoms with Gasteiger partial charge in [0.15, 0.2) is 0 Å². The molecule has 0 unspecified atom stereocenters. The number of alkyl halides is 1. The number of ether oxygens (including phenoxy) is 1. The molecule has 0 heterocycles. The molecule has 0 aromatic rings. The Morgan fingerprint density at radius 1 is 1.29 bits per heavy atom. The van der Waals surface area contributed by atoms with Gasteiger partial charge in [0, 0.05) is 5.88 Å². The van der Waals surface area contributed by atoms with E-state index in [0.29, 0.717) is 12.5 Å². The molecule has 2 nitrogen and oxygen atoms in total. The van der Waals surface area contributed by atoms with Gasteiger partial charge >= 0.3 is 5.97 Å². The van der Waals surface area contributed by atoms with Crippen molar-refractivity contribution >= 4 is 17.6 Å². The average Bonchev–Trinajstić information content (AvgIpc) is 2.13. The van der Waals surface area contributed by atoms with Crippen LogP contribution in [0.15, 0.2) is 0 Å². The summed E-state index contributed by atoms with van der Waals surface area (Å²) in [5, 5.41) is 0. The van der Waals surface area contributed by atoms with Gasteiger partial charge in [0.05, 0.1) is 12.0 Å². The van der Waals surface area contributed by atoms with Crippen LogP contribution in [-0.2, 0) is 9.53 Å². The van der Waals surface area contributed by atoms with Crippen LogP contribution in [-0.4, -0.2) is 18.5 Å². The Balaban J connectivity index is 3.76. The summed E-state index contributed by atoms with van der Waals surface area (Å²) in [4.78, 5) is 11.5. The Morgan fingerprint density at radius 3 is 2.43 bits per heavy atom. The Hall–Kier alpha value is -0.240. The predicted octanol–water partition coefficient (Wildman–Crippen LogP) is 3.37. The first-order valence-corrected chi connectivity index (χ1v) is 5.81. The molecule has 0 saturated carbocycles. The van der Waals surface area contributed by atoms with Crippen LogP contribution in [0, 0.1) is 5.41 Å². The number of carbonyl (C=O) groups excluding carboxylic acids is 1. The number of halogens is 1. The van der Waals surface area contributed by atoms with E-state index in [0.717, 1.165) is 25.7 Å². The molecule has 14 heavy (non-hydrogen) atoms. The summed E-state index contributed by atoms with van der Waals surface area (Å²) >= 11 is 5.57. The maximum atomic E-state index is 11.5. The second-order valence-corrected chi connectivity index (χ2v) is 4.48. The number of rotatable bonds is 7. The first-order chi connectivity index (χ1) is 6.54. The van der Waals surface area contributed by atoms with Crippen LogP contribution in [0.4, 0.5) is 0 Å². The van der Waals surface area contributed by atoms with Crippen molar-refractivity contribution < 1.29 is 9.53 Å². The molecule has 0 aromatic heterocycles. The Kier molecular flexibility index (Phi) is 6.98. The number of carbonyl (C=O) groups is 1. The molecule has 0 N–H and O–H groups in total. The fraction of sp³-hybridized carbons (Fsp3) is 0.909. The minimum atomic E-state index is -0.345. The van der Waals surface area contributed by atoms with Crippen molar-refractivity contribution in [2.45, 2.75) is 46.5 Å². The molecule has 0 aliphatic carbocycles. The van der Waals surface area contributed by atoms with Crippen molar-refractivity contribution in [3.63, 3.8) is 0 Å². The molecule has 0 radical (unpaired) electrons. The van der Waals surface area contributed by atoms with Gasteiger partial charge in [-0.3, -0.25) is 4.79 Å². The second-order valence-electron chi connectivity index (χ2n) is 4.10. The third kappa shape index (κ3) is 5.48. The monoisotopic (exact) mass is 220 g/mol. The highest BCUT2D eigenvalue weighted by molar-refractivity contribution is 6.17. The maximum absolute atomic E-state index is 11.5. The van der Waals surface area contributed by atoms with Gasteiger partial charge in [-0.25, -0.2) is 0 Å². The molecule has 0 bridgehead atoms. The lowest BCUT2D eigenvalue weighted by atomic mass is 9.87. The second kappa shape index (κ2) is 7.10. The zero-order valence-electron chi connectivity index (χ0n) is 9.44. The van der Waals surface area contributed by atoms with E-state index in [1.165, 1.54) is 0 Å². The number of hydrogen-bond acceptors (Lipinski definition) is 2. The van der Waals surface area contributed by atoms with Crippen LogP contribution in [0.1, 0.15) is 46.5 Å². The van der Waals surface area contributed by atoms with Crippen LogP contribution >= 0.6 is 11.6 Å². The smallest absolute Gasteiger partial charge is 0.311 e. The van der Waals surface area contributed by atoms with E-state index in [-0.39, 0.29) is 11.4 Å². The lowest BCUT2D eigenvalue weighted by molar-refractivity contribution is -0.153. The van der Waals surface area contributed by atoms with Gasteiger partial charge in [-0.1, -0.05) is 12.8 Å². The Morgan fingerprint density at radius 2 is 1.93 bits per heavy atom. The first-order valence-electron chi connectivity index (χ1n) is 5.27. The van der Waals surface area contributed by atoms with Gasteiger partial charge < -0.3 is 4.74 Å². The highest BCUT2D eigenvalue weighted by Gasteiger charge is 2.28. The zero-order valence-corrected chi connectivity index (χ0v) is 10.2. The molecule has 0 amide bonds. The van der Waals surface area contributed by atoms with Crippen LogP contribution in [0.25, 0.3) is 0 Å². The van der Waals surface area contributed by atoms with E-state index in [1.807, 2.05) is 20.8 Å². The number of hydrogen-bond donors (Lipinski definition) is 0. The van der Waals surface area contributed by atoms with Crippen molar-refractivity contribution in [1.82, 2.24) is 0 Å². The van der Waals surface area contributed by atoms with Gasteiger partial charge in [0.1, 0.15) is 0 Å². The van der Waals surface area contributed by atoms with Crippen molar-refractivity contribution in [1.29, 1.82) is 0 Å². The van der Waals surface area contributed by atoms with Crippen molar-refractivity contribution in [3.8, 4) is 0 Å². The van der Waals surface area contributed by atoms with Gasteiger partial charge in [0.25, 0.3) is 0 Å². The molecule has 3 heteroatoms. The summed E-state index contributed by atoms with van der Waals surface area (Å²) in [6.07, 6.45) is 4.04. The number of unbranched alkanes of at least 4 members (excludes halogenated alkanes) is 2. The molecule has 0 aromatic carbocycles. The van der Waals surface area contributed by atoms with Crippen LogP contribution in [0.3, 0.4) is 0 Å². The summed E-state index contributed by atoms with van der Waals surface area (Å²) in [6.45, 7) is 6.17. The topological polar surface area (TPSA) is 26.3 Å². The molecule has 0 saturated heterocycles. The third-order valence-electron chi connectivity index (χ3n) is 2.26. The third-order valence-corrected chi connectivity index (χ3v) is 2.53. The zero-order chi connectivity index (χ0) is 11.0. The minimum Gasteiger partial charge on any atom is -0.466 e. The van der Waals surface area contributed by atoms with Gasteiger partial charge in [-0.05, 0) is 33.6 Å². The Labute approximate surface area is 92.0 Å². The first kappa shape index (κ1) is 13.8. The minimum absolute atomic E-state index is 0.0918. The van der Waals surface area contributed by atoms with E-state index in [2.05, 4.69) is 0 Å². The van der Waals surface area contributed by atoms with Crippen LogP contribution in [0.5, 0.6) is 0 Å². The summed E-state index contributed by atoms with van der Waals surface area (Å²) in [5.41, 5.74) is -0.345. The molecule has 84 valence electrons. The quantitative estimate of drug-likeness (QED) is 0.374. The summed E-state index contributed by atoms with van der Waals surface area (Å²) in [7, 11) is 0. The normalized spacial score (nSPS) is 11.4. The molecule has 0 aliphatic heterocycles. The van der Waals surface area contributed by atoms with Crippen molar-refractivity contribution in [2.75, 3.05) is 12.5 Å². The van der Waals surface area contributed by atoms with E-state index < -0.39 is 0 Å². The lowest BCUT2D eigenvalue weighted by Gasteiger charge is -2.21. The lowest BCUT2D eigenvalue weighted by Crippen LogP contribution is -2.26. The standard InChI is InChI=1S/C11H21ClO2/c1-4-14-10(13)11(2,3)8-6-5-7-9-12/h4-9H2,1-3H3. The summed E-state index contributed by atoms with van der Waals surface area (Å²) in [6, 6.07) is 0. The van der Waals surface area contributed by atoms with Gasteiger partial charge in [-0.15, -0.1) is 11.6 Å². The van der Waals surface area contributed by atoms with Crippen molar-refractivity contribution in [2.24, 2.45) is 5.41 Å². The summed E-state index contributed by atoms with van der Waals surface area (Å²) in [5.74, 6) is 0.616. The SMILES string of the molecule is CCOC(=O)C(C)(C)CCCCCCl. The molecule has 0 aliphatic rings. The molecular formula is C11H21ClO2. The highest BCUT2D eigenvalue weighted by Crippen LogP contribution is 2.25. The van der Waals surface area contributed by atoms with Crippen LogP contribution < -0.4 is 0 Å². The van der Waals surface area contributed by atoms with Crippen molar-refractivity contribution in [3.05, 3.63) is 0 Å². The predicted molar refractivity (Wildman–Crippen MR) is 59.6 cm³/mol. The summed E-state index contributed by atoms with van der Waals surface area (Å²) < 4.78 is 5.00. The average molecular weight is 221 g/mol. The van der Waals surface area contributed by atoms with E-state index in [1.54, 1.807) is 0 Å². The molecule has 0 fully saturated rings. The highest BCUT2D eigenvalue weighted by atomic mass is 35.5. The fourth-order valence-electron chi connectivity index (χ4n) is 1.27. The molecular weight excluding hydrogens is 200 g/mol. The van der Waals surface area contributed by atoms with Crippen LogP contribution in [0.2, 0.25) is 0 Å². The largest absolute Gasteiger partial charge is 0.466 e. The van der Waals surface area contributed by atoms with E-state index in [9.17, 15) is 4.79 Å².